The molecule has 1 atom stereocenters. The smallest absolute Gasteiger partial charge is 0.183 e. The van der Waals surface area contributed by atoms with E-state index in [2.05, 4.69) is 26.3 Å². The highest BCUT2D eigenvalue weighted by molar-refractivity contribution is 5.07. The van der Waals surface area contributed by atoms with E-state index in [9.17, 15) is 0 Å². The van der Waals surface area contributed by atoms with Gasteiger partial charge >= 0.3 is 0 Å². The van der Waals surface area contributed by atoms with Crippen LogP contribution in [0.15, 0.2) is 34.7 Å². The van der Waals surface area contributed by atoms with Crippen LogP contribution in [0.25, 0.3) is 0 Å². The fraction of sp³-hybridized carbons (Fsp3) is 0.167. The summed E-state index contributed by atoms with van der Waals surface area (Å²) in [6.45, 7) is 0. The molecule has 0 bridgehead atoms. The fourth-order valence-electron chi connectivity index (χ4n) is 0.876. The van der Waals surface area contributed by atoms with Crippen LogP contribution < -0.4 is 11.0 Å². The molecule has 2 heterocycles. The van der Waals surface area contributed by atoms with Crippen molar-refractivity contribution in [2.75, 3.05) is 0 Å². The summed E-state index contributed by atoms with van der Waals surface area (Å²) < 4.78 is 0. The maximum atomic E-state index is 4.10. The van der Waals surface area contributed by atoms with Crippen molar-refractivity contribution in [1.29, 1.82) is 0 Å². The van der Waals surface area contributed by atoms with Crippen LogP contribution in [0.4, 0.5) is 0 Å². The second-order valence-corrected chi connectivity index (χ2v) is 2.13. The minimum atomic E-state index is -0.142. The van der Waals surface area contributed by atoms with Crippen LogP contribution in [0.3, 0.4) is 0 Å². The van der Waals surface area contributed by atoms with E-state index in [-0.39, 0.29) is 6.17 Å². The number of rotatable bonds is 1. The summed E-state index contributed by atoms with van der Waals surface area (Å²) in [5, 5.41) is 7.41. The van der Waals surface area contributed by atoms with Gasteiger partial charge in [-0.25, -0.2) is 5.53 Å². The Morgan fingerprint density at radius 2 is 2.36 bits per heavy atom. The van der Waals surface area contributed by atoms with E-state index in [1.165, 1.54) is 0 Å². The molecule has 0 aromatic carbocycles. The summed E-state index contributed by atoms with van der Waals surface area (Å²) in [5.41, 5.74) is 6.23. The van der Waals surface area contributed by atoms with E-state index in [1.807, 2.05) is 18.2 Å². The normalized spacial score (nSPS) is 21.6. The van der Waals surface area contributed by atoms with Crippen LogP contribution in [0.5, 0.6) is 0 Å². The van der Waals surface area contributed by atoms with Crippen molar-refractivity contribution in [3.05, 3.63) is 30.1 Å². The Morgan fingerprint density at radius 1 is 1.36 bits per heavy atom. The number of hydrogen-bond donors (Lipinski definition) is 2. The lowest BCUT2D eigenvalue weighted by Gasteiger charge is -2.02. The molecule has 0 amide bonds. The first-order valence-electron chi connectivity index (χ1n) is 3.28. The molecule has 2 rings (SSSR count). The third kappa shape index (κ3) is 1.18. The maximum Gasteiger partial charge on any atom is 0.183 e. The predicted octanol–water partition coefficient (Wildman–Crippen LogP) is 0.555. The van der Waals surface area contributed by atoms with Gasteiger partial charge in [-0.2, -0.15) is 5.43 Å². The van der Waals surface area contributed by atoms with Crippen molar-refractivity contribution in [3.63, 3.8) is 0 Å². The van der Waals surface area contributed by atoms with Gasteiger partial charge in [0.25, 0.3) is 0 Å². The van der Waals surface area contributed by atoms with Crippen LogP contribution >= 0.6 is 0 Å². The molecule has 0 saturated heterocycles. The molecular formula is C6H7N5. The first-order chi connectivity index (χ1) is 5.47. The minimum Gasteiger partial charge on any atom is -0.257 e. The second-order valence-electron chi connectivity index (χ2n) is 2.13. The van der Waals surface area contributed by atoms with Gasteiger partial charge in [0, 0.05) is 6.20 Å². The Labute approximate surface area is 63.5 Å². The summed E-state index contributed by atoms with van der Waals surface area (Å²) in [7, 11) is 0. The lowest BCUT2D eigenvalue weighted by molar-refractivity contribution is 0.542. The summed E-state index contributed by atoms with van der Waals surface area (Å²) in [5.74, 6) is 0. The van der Waals surface area contributed by atoms with Gasteiger partial charge in [-0.05, 0) is 12.1 Å². The quantitative estimate of drug-likeness (QED) is 0.613. The van der Waals surface area contributed by atoms with Crippen LogP contribution in [0.2, 0.25) is 0 Å². The molecule has 2 N–H and O–H groups in total. The molecule has 1 aliphatic heterocycles. The average molecular weight is 149 g/mol. The highest BCUT2D eigenvalue weighted by Gasteiger charge is 2.13. The monoisotopic (exact) mass is 149 g/mol. The third-order valence-electron chi connectivity index (χ3n) is 1.39. The fourth-order valence-corrected chi connectivity index (χ4v) is 0.876. The molecule has 0 aliphatic carbocycles. The molecule has 0 radical (unpaired) electrons. The van der Waals surface area contributed by atoms with E-state index in [0.29, 0.717) is 0 Å². The van der Waals surface area contributed by atoms with Gasteiger partial charge in [0.15, 0.2) is 6.17 Å². The molecular weight excluding hydrogens is 142 g/mol. The molecule has 0 saturated carbocycles. The number of aromatic nitrogens is 1. The van der Waals surface area contributed by atoms with Crippen LogP contribution in [0, 0.1) is 0 Å². The zero-order valence-electron chi connectivity index (χ0n) is 5.73. The molecule has 5 nitrogen and oxygen atoms in total. The molecule has 11 heavy (non-hydrogen) atoms. The van der Waals surface area contributed by atoms with Crippen molar-refractivity contribution in [1.82, 2.24) is 15.9 Å². The lowest BCUT2D eigenvalue weighted by Crippen LogP contribution is -2.24. The van der Waals surface area contributed by atoms with Gasteiger partial charge in [-0.1, -0.05) is 11.3 Å². The maximum absolute atomic E-state index is 4.10. The summed E-state index contributed by atoms with van der Waals surface area (Å²) in [4.78, 5) is 4.10. The average Bonchev–Trinajstić information content (AvgIpc) is 2.58. The van der Waals surface area contributed by atoms with Crippen molar-refractivity contribution in [2.24, 2.45) is 10.3 Å². The van der Waals surface area contributed by atoms with Crippen LogP contribution in [0.1, 0.15) is 11.9 Å². The Morgan fingerprint density at radius 3 is 3.00 bits per heavy atom. The van der Waals surface area contributed by atoms with E-state index in [0.717, 1.165) is 5.69 Å². The Kier molecular flexibility index (Phi) is 1.49. The Bertz CT molecular complexity index is 257. The van der Waals surface area contributed by atoms with Gasteiger partial charge in [0.1, 0.15) is 0 Å². The van der Waals surface area contributed by atoms with Crippen molar-refractivity contribution in [2.45, 2.75) is 6.17 Å². The summed E-state index contributed by atoms with van der Waals surface area (Å²) in [6.07, 6.45) is 1.58. The number of pyridine rings is 1. The number of hydrogen-bond acceptors (Lipinski definition) is 5. The molecule has 1 unspecified atom stereocenters. The third-order valence-corrected chi connectivity index (χ3v) is 1.39. The zero-order valence-corrected chi connectivity index (χ0v) is 5.73. The van der Waals surface area contributed by atoms with Crippen LogP contribution in [-0.2, 0) is 0 Å². The first-order valence-corrected chi connectivity index (χ1v) is 3.28. The van der Waals surface area contributed by atoms with Crippen molar-refractivity contribution in [3.8, 4) is 0 Å². The SMILES string of the molecule is c1ccc(C2N=NNN2)nc1. The minimum absolute atomic E-state index is 0.142. The van der Waals surface area contributed by atoms with Gasteiger partial charge < -0.3 is 0 Å². The predicted molar refractivity (Wildman–Crippen MR) is 38.1 cm³/mol. The lowest BCUT2D eigenvalue weighted by atomic mass is 10.3. The number of nitrogens with zero attached hydrogens (tertiary/aromatic N) is 3. The Hall–Kier alpha value is -1.49. The van der Waals surface area contributed by atoms with E-state index < -0.39 is 0 Å². The topological polar surface area (TPSA) is 61.7 Å². The molecule has 56 valence electrons. The molecule has 0 spiro atoms. The zero-order chi connectivity index (χ0) is 7.52. The number of nitrogens with one attached hydrogen (secondary N) is 2. The summed E-state index contributed by atoms with van der Waals surface area (Å²) in [6, 6.07) is 5.67. The summed E-state index contributed by atoms with van der Waals surface area (Å²) >= 11 is 0. The second kappa shape index (κ2) is 2.63. The first kappa shape index (κ1) is 6.23. The highest BCUT2D eigenvalue weighted by Crippen LogP contribution is 2.12. The molecule has 1 aromatic rings. The van der Waals surface area contributed by atoms with Gasteiger partial charge in [0.05, 0.1) is 5.69 Å². The van der Waals surface area contributed by atoms with Gasteiger partial charge in [-0.3, -0.25) is 4.98 Å². The Balaban J connectivity index is 2.23. The highest BCUT2D eigenvalue weighted by atomic mass is 15.7. The molecule has 1 aromatic heterocycles. The molecule has 1 aliphatic rings. The van der Waals surface area contributed by atoms with Crippen molar-refractivity contribution >= 4 is 0 Å². The molecule has 0 fully saturated rings. The largest absolute Gasteiger partial charge is 0.257 e. The van der Waals surface area contributed by atoms with Gasteiger partial charge in [0.2, 0.25) is 0 Å². The number of hydrazine groups is 1. The van der Waals surface area contributed by atoms with Crippen LogP contribution in [-0.4, -0.2) is 4.98 Å². The standard InChI is InChI=1S/C6H7N5/c1-2-4-7-5(3-1)6-8-10-11-9-6/h1-4,6H,(H,8,11)(H,9,10). The van der Waals surface area contributed by atoms with Gasteiger partial charge in [-0.15, -0.1) is 5.11 Å². The van der Waals surface area contributed by atoms with E-state index in [1.54, 1.807) is 6.20 Å². The van der Waals surface area contributed by atoms with E-state index >= 15 is 0 Å². The van der Waals surface area contributed by atoms with E-state index in [4.69, 9.17) is 0 Å². The molecule has 5 heteroatoms. The van der Waals surface area contributed by atoms with Crippen molar-refractivity contribution < 1.29 is 0 Å².